The van der Waals surface area contributed by atoms with E-state index < -0.39 is 0 Å². The summed E-state index contributed by atoms with van der Waals surface area (Å²) in [5.41, 5.74) is 4.61. The van der Waals surface area contributed by atoms with Crippen LogP contribution >= 0.6 is 25.5 Å². The number of halogens is 1. The van der Waals surface area contributed by atoms with Gasteiger partial charge in [0, 0.05) is 0 Å². The third-order valence-electron chi connectivity index (χ3n) is 7.56. The summed E-state index contributed by atoms with van der Waals surface area (Å²) in [6, 6.07) is 42.8. The molecule has 0 spiro atoms. The predicted octanol–water partition coefficient (Wildman–Crippen LogP) is 9.37. The van der Waals surface area contributed by atoms with E-state index in [1.807, 2.05) is 0 Å². The third kappa shape index (κ3) is 8.57. The summed E-state index contributed by atoms with van der Waals surface area (Å²) < 4.78 is 1.48. The van der Waals surface area contributed by atoms with Crippen molar-refractivity contribution < 1.29 is 16.1 Å². The SMILES string of the molecule is CC1=C(C)C(C)(C)[C]([Ru][Cl])=C1C.CP(c1ccccc1)c1ccccc1.CP(c1ccccc1)c1ccccc1. The van der Waals surface area contributed by atoms with E-state index in [1.165, 1.54) is 42.1 Å². The maximum atomic E-state index is 6.02. The van der Waals surface area contributed by atoms with Gasteiger partial charge in [-0.25, -0.2) is 0 Å². The molecule has 0 aromatic heterocycles. The molecule has 0 radical (unpaired) electrons. The second kappa shape index (κ2) is 15.9. The van der Waals surface area contributed by atoms with Gasteiger partial charge in [-0.2, -0.15) is 0 Å². The molecule has 0 aliphatic heterocycles. The molecule has 0 heterocycles. The first-order valence-corrected chi connectivity index (χ1v) is 20.2. The number of benzene rings is 4. The Morgan fingerprint density at radius 3 is 0.950 bits per heavy atom. The monoisotopic (exact) mass is 672 g/mol. The third-order valence-corrected chi connectivity index (χ3v) is 14.7. The fourth-order valence-electron chi connectivity index (χ4n) is 4.58. The molecule has 1 aliphatic carbocycles. The quantitative estimate of drug-likeness (QED) is 0.147. The van der Waals surface area contributed by atoms with Gasteiger partial charge in [-0.05, 0) is 50.4 Å². The zero-order valence-corrected chi connectivity index (χ0v) is 29.0. The van der Waals surface area contributed by atoms with Gasteiger partial charge in [-0.1, -0.05) is 121 Å². The summed E-state index contributed by atoms with van der Waals surface area (Å²) in [6.45, 7) is 15.8. The average molecular weight is 672 g/mol. The molecule has 4 aromatic carbocycles. The largest absolute Gasteiger partial charge is 0.0622 e. The van der Waals surface area contributed by atoms with Crippen LogP contribution in [-0.4, -0.2) is 13.3 Å². The van der Waals surface area contributed by atoms with Crippen molar-refractivity contribution in [1.29, 1.82) is 0 Å². The van der Waals surface area contributed by atoms with Crippen LogP contribution in [0, 0.1) is 5.41 Å². The number of allylic oxidation sites excluding steroid dienone is 4. The zero-order chi connectivity index (χ0) is 29.1. The second-order valence-electron chi connectivity index (χ2n) is 10.3. The first-order valence-electron chi connectivity index (χ1n) is 13.5. The molecule has 0 saturated carbocycles. The molecule has 4 aromatic rings. The van der Waals surface area contributed by atoms with Crippen molar-refractivity contribution >= 4 is 46.8 Å². The fraction of sp³-hybridized carbons (Fsp3) is 0.222. The summed E-state index contributed by atoms with van der Waals surface area (Å²) in [5.74, 6) is 0. The van der Waals surface area contributed by atoms with Gasteiger partial charge in [0.25, 0.3) is 0 Å². The molecule has 0 unspecified atom stereocenters. The van der Waals surface area contributed by atoms with Gasteiger partial charge in [0.1, 0.15) is 0 Å². The molecular formula is C36H41ClP2Ru. The molecule has 210 valence electrons. The minimum absolute atomic E-state index is 0.101. The minimum Gasteiger partial charge on any atom is -0.0622 e. The van der Waals surface area contributed by atoms with Crippen LogP contribution in [0.1, 0.15) is 34.6 Å². The fourth-order valence-corrected chi connectivity index (χ4v) is 10.5. The Kier molecular flexibility index (Phi) is 13.0. The van der Waals surface area contributed by atoms with Crippen LogP contribution in [0.4, 0.5) is 0 Å². The van der Waals surface area contributed by atoms with E-state index in [0.717, 1.165) is 0 Å². The van der Waals surface area contributed by atoms with Crippen molar-refractivity contribution in [2.24, 2.45) is 5.41 Å². The van der Waals surface area contributed by atoms with Crippen LogP contribution in [0.5, 0.6) is 0 Å². The Hall–Kier alpha value is -1.87. The Bertz CT molecular complexity index is 1220. The van der Waals surface area contributed by atoms with Crippen molar-refractivity contribution in [3.05, 3.63) is 142 Å². The summed E-state index contributed by atoms with van der Waals surface area (Å²) in [5, 5.41) is 5.75. The van der Waals surface area contributed by atoms with E-state index in [9.17, 15) is 0 Å². The van der Waals surface area contributed by atoms with E-state index in [4.69, 9.17) is 9.69 Å². The van der Waals surface area contributed by atoms with Gasteiger partial charge in [-0.3, -0.25) is 0 Å². The normalized spacial score (nSPS) is 14.2. The molecule has 0 atom stereocenters. The smallest absolute Gasteiger partial charge is 0.0198 e. The van der Waals surface area contributed by atoms with Gasteiger partial charge in [0.15, 0.2) is 0 Å². The molecule has 0 N–H and O–H groups in total. The topological polar surface area (TPSA) is 0 Å². The van der Waals surface area contributed by atoms with Gasteiger partial charge >= 0.3 is 86.7 Å². The Morgan fingerprint density at radius 1 is 0.500 bits per heavy atom. The maximum absolute atomic E-state index is 6.02. The minimum atomic E-state index is -0.171. The van der Waals surface area contributed by atoms with E-state index in [-0.39, 0.29) is 37.4 Å². The molecule has 0 saturated heterocycles. The summed E-state index contributed by atoms with van der Waals surface area (Å²) in [4.78, 5) is 0. The average Bonchev–Trinajstić information content (AvgIpc) is 3.16. The molecular weight excluding hydrogens is 631 g/mol. The van der Waals surface area contributed by atoms with Gasteiger partial charge in [-0.15, -0.1) is 0 Å². The number of rotatable bonds is 5. The first kappa shape index (κ1) is 32.6. The van der Waals surface area contributed by atoms with Gasteiger partial charge in [0.2, 0.25) is 0 Å². The summed E-state index contributed by atoms with van der Waals surface area (Å²) in [7, 11) is 5.68. The summed E-state index contributed by atoms with van der Waals surface area (Å²) in [6.07, 6.45) is 0. The van der Waals surface area contributed by atoms with Crippen LogP contribution in [0.15, 0.2) is 142 Å². The van der Waals surface area contributed by atoms with Crippen LogP contribution in [0.2, 0.25) is 0 Å². The molecule has 4 heteroatoms. The van der Waals surface area contributed by atoms with Crippen molar-refractivity contribution in [2.75, 3.05) is 13.3 Å². The first-order chi connectivity index (χ1) is 19.2. The van der Waals surface area contributed by atoms with Crippen LogP contribution < -0.4 is 21.2 Å². The van der Waals surface area contributed by atoms with E-state index in [2.05, 4.69) is 169 Å². The van der Waals surface area contributed by atoms with Crippen LogP contribution in [0.25, 0.3) is 0 Å². The molecule has 0 bridgehead atoms. The second-order valence-corrected chi connectivity index (χ2v) is 16.6. The Balaban J connectivity index is 0.000000166. The molecule has 40 heavy (non-hydrogen) atoms. The molecule has 0 fully saturated rings. The van der Waals surface area contributed by atoms with Crippen LogP contribution in [0.3, 0.4) is 0 Å². The van der Waals surface area contributed by atoms with Crippen molar-refractivity contribution in [3.63, 3.8) is 0 Å². The molecule has 5 rings (SSSR count). The predicted molar refractivity (Wildman–Crippen MR) is 181 cm³/mol. The Labute approximate surface area is 257 Å². The van der Waals surface area contributed by atoms with E-state index >= 15 is 0 Å². The summed E-state index contributed by atoms with van der Waals surface area (Å²) >= 11 is -0.101. The Morgan fingerprint density at radius 2 is 0.775 bits per heavy atom. The van der Waals surface area contributed by atoms with Crippen molar-refractivity contribution in [3.8, 4) is 0 Å². The molecule has 0 amide bonds. The molecule has 1 aliphatic rings. The van der Waals surface area contributed by atoms with Gasteiger partial charge in [0.05, 0.1) is 0 Å². The van der Waals surface area contributed by atoms with E-state index in [1.54, 1.807) is 0 Å². The zero-order valence-electron chi connectivity index (χ0n) is 24.7. The standard InChI is InChI=1S/2C13H13P.C10H15.ClH.Ru/c2*1-14(12-8-4-2-5-9-12)13-10-6-3-7-11-13;1-7-6-10(4,5)9(3)8(7)2;;/h2*2-11H,1H3;1-5H3;1H;/q;;;;+1/p-1. The van der Waals surface area contributed by atoms with Crippen molar-refractivity contribution in [2.45, 2.75) is 34.6 Å². The number of hydrogen-bond donors (Lipinski definition) is 0. The van der Waals surface area contributed by atoms with Gasteiger partial charge < -0.3 is 0 Å². The number of hydrogen-bond acceptors (Lipinski definition) is 0. The van der Waals surface area contributed by atoms with Crippen molar-refractivity contribution in [1.82, 2.24) is 0 Å². The van der Waals surface area contributed by atoms with Crippen LogP contribution in [-0.2, 0) is 16.1 Å². The molecule has 0 nitrogen and oxygen atoms in total. The maximum Gasteiger partial charge on any atom is -0.0198 e. The van der Waals surface area contributed by atoms with E-state index in [0.29, 0.717) is 0 Å².